The molecule has 0 bridgehead atoms. The molecule has 0 saturated heterocycles. The van der Waals surface area contributed by atoms with Gasteiger partial charge in [0, 0.05) is 0 Å². The van der Waals surface area contributed by atoms with Crippen molar-refractivity contribution in [3.8, 4) is 0 Å². The van der Waals surface area contributed by atoms with E-state index in [2.05, 4.69) is 31.0 Å². The van der Waals surface area contributed by atoms with E-state index < -0.39 is 10.7 Å². The molecule has 0 amide bonds. The lowest BCUT2D eigenvalue weighted by Gasteiger charge is -2.18. The Balaban J connectivity index is 2.76. The molecule has 1 aromatic rings. The average molecular weight is 240 g/mol. The van der Waals surface area contributed by atoms with Crippen LogP contribution < -0.4 is 0 Å². The van der Waals surface area contributed by atoms with Crippen LogP contribution in [-0.2, 0) is 16.1 Å². The molecule has 88 valence electrons. The molecule has 0 unspecified atom stereocenters. The molecule has 0 aliphatic heterocycles. The summed E-state index contributed by atoms with van der Waals surface area (Å²) in [5.74, 6) is -0.254. The SMILES string of the molecule is CC(C)(C)c1ccc(N=NC[SH](=O)=O)cc1. The van der Waals surface area contributed by atoms with E-state index in [0.717, 1.165) is 0 Å². The minimum atomic E-state index is -2.48. The Kier molecular flexibility index (Phi) is 4.18. The van der Waals surface area contributed by atoms with Gasteiger partial charge < -0.3 is 0 Å². The summed E-state index contributed by atoms with van der Waals surface area (Å²) in [4.78, 5) is 0. The predicted octanol–water partition coefficient (Wildman–Crippen LogP) is 2.64. The predicted molar refractivity (Wildman–Crippen MR) is 64.8 cm³/mol. The number of nitrogens with zero attached hydrogens (tertiary/aromatic N) is 2. The summed E-state index contributed by atoms with van der Waals surface area (Å²) in [6.07, 6.45) is 0. The first-order chi connectivity index (χ1) is 7.39. The monoisotopic (exact) mass is 240 g/mol. The van der Waals surface area contributed by atoms with Crippen molar-refractivity contribution in [2.24, 2.45) is 10.2 Å². The summed E-state index contributed by atoms with van der Waals surface area (Å²) in [6.45, 7) is 6.39. The Hall–Kier alpha value is -1.23. The molecule has 0 aliphatic carbocycles. The summed E-state index contributed by atoms with van der Waals surface area (Å²) in [5, 5.41) is 7.37. The van der Waals surface area contributed by atoms with Gasteiger partial charge in [0.1, 0.15) is 0 Å². The lowest BCUT2D eigenvalue weighted by atomic mass is 9.87. The Morgan fingerprint density at radius 2 is 1.69 bits per heavy atom. The molecule has 0 saturated carbocycles. The van der Waals surface area contributed by atoms with Crippen molar-refractivity contribution in [2.45, 2.75) is 26.2 Å². The molecule has 0 spiro atoms. The number of hydrogen-bond donors (Lipinski definition) is 1. The first-order valence-electron chi connectivity index (χ1n) is 4.99. The second kappa shape index (κ2) is 5.21. The fourth-order valence-electron chi connectivity index (χ4n) is 1.19. The van der Waals surface area contributed by atoms with Crippen LogP contribution in [0.5, 0.6) is 0 Å². The highest BCUT2D eigenvalue weighted by Gasteiger charge is 2.12. The molecule has 1 rings (SSSR count). The fraction of sp³-hybridized carbons (Fsp3) is 0.455. The van der Waals surface area contributed by atoms with Gasteiger partial charge in [-0.25, -0.2) is 8.42 Å². The maximum absolute atomic E-state index is 10.3. The zero-order valence-corrected chi connectivity index (χ0v) is 10.6. The zero-order valence-electron chi connectivity index (χ0n) is 9.67. The normalized spacial score (nSPS) is 12.5. The lowest BCUT2D eigenvalue weighted by Crippen LogP contribution is -2.10. The number of hydrogen-bond acceptors (Lipinski definition) is 4. The van der Waals surface area contributed by atoms with E-state index in [4.69, 9.17) is 0 Å². The summed E-state index contributed by atoms with van der Waals surface area (Å²) in [6, 6.07) is 7.63. The van der Waals surface area contributed by atoms with Crippen LogP contribution in [0.15, 0.2) is 34.5 Å². The van der Waals surface area contributed by atoms with Crippen LogP contribution in [0.3, 0.4) is 0 Å². The maximum Gasteiger partial charge on any atom is 0.162 e. The van der Waals surface area contributed by atoms with Crippen LogP contribution in [0, 0.1) is 0 Å². The van der Waals surface area contributed by atoms with Crippen molar-refractivity contribution in [3.05, 3.63) is 29.8 Å². The number of benzene rings is 1. The summed E-state index contributed by atoms with van der Waals surface area (Å²) in [5.41, 5.74) is 1.99. The molecule has 0 fully saturated rings. The third-order valence-electron chi connectivity index (χ3n) is 2.10. The molecule has 0 N–H and O–H groups in total. The summed E-state index contributed by atoms with van der Waals surface area (Å²) >= 11 is 0. The zero-order chi connectivity index (χ0) is 12.2. The van der Waals surface area contributed by atoms with Crippen LogP contribution in [0.1, 0.15) is 26.3 Å². The largest absolute Gasteiger partial charge is 0.230 e. The number of thiol groups is 1. The number of azo groups is 1. The van der Waals surface area contributed by atoms with E-state index >= 15 is 0 Å². The molecule has 1 aromatic carbocycles. The molecule has 0 atom stereocenters. The van der Waals surface area contributed by atoms with E-state index in [1.807, 2.05) is 24.3 Å². The average Bonchev–Trinajstić information content (AvgIpc) is 2.16. The second-order valence-electron chi connectivity index (χ2n) is 4.51. The van der Waals surface area contributed by atoms with Crippen LogP contribution in [-0.4, -0.2) is 14.3 Å². The molecular formula is C11H16N2O2S. The van der Waals surface area contributed by atoms with Gasteiger partial charge >= 0.3 is 0 Å². The topological polar surface area (TPSA) is 58.9 Å². The standard InChI is InChI=1S/C11H16N2O2S/c1-11(2,3)9-4-6-10(7-5-9)13-12-8-16(14)15/h4-7,16H,8H2,1-3H3. The molecule has 4 nitrogen and oxygen atoms in total. The van der Waals surface area contributed by atoms with Crippen molar-refractivity contribution in [3.63, 3.8) is 0 Å². The third kappa shape index (κ3) is 4.10. The quantitative estimate of drug-likeness (QED) is 0.652. The van der Waals surface area contributed by atoms with Crippen molar-refractivity contribution in [1.29, 1.82) is 0 Å². The summed E-state index contributed by atoms with van der Waals surface area (Å²) < 4.78 is 20.5. The highest BCUT2D eigenvalue weighted by molar-refractivity contribution is 7.72. The van der Waals surface area contributed by atoms with Crippen LogP contribution in [0.25, 0.3) is 0 Å². The molecule has 0 radical (unpaired) electrons. The Morgan fingerprint density at radius 1 is 1.12 bits per heavy atom. The smallest absolute Gasteiger partial charge is 0.162 e. The third-order valence-corrected chi connectivity index (χ3v) is 2.46. The maximum atomic E-state index is 10.3. The fourth-order valence-corrected chi connectivity index (χ4v) is 1.36. The van der Waals surface area contributed by atoms with Crippen LogP contribution in [0.4, 0.5) is 5.69 Å². The van der Waals surface area contributed by atoms with E-state index in [9.17, 15) is 8.42 Å². The lowest BCUT2D eigenvalue weighted by molar-refractivity contribution is 0.590. The second-order valence-corrected chi connectivity index (χ2v) is 5.46. The molecule has 0 heterocycles. The Morgan fingerprint density at radius 3 is 2.12 bits per heavy atom. The van der Waals surface area contributed by atoms with E-state index in [1.54, 1.807) is 0 Å². The molecule has 0 aliphatic rings. The van der Waals surface area contributed by atoms with Crippen molar-refractivity contribution in [1.82, 2.24) is 0 Å². The van der Waals surface area contributed by atoms with Crippen LogP contribution in [0.2, 0.25) is 0 Å². The molecule has 16 heavy (non-hydrogen) atoms. The Bertz CT molecular complexity index is 434. The van der Waals surface area contributed by atoms with Gasteiger partial charge in [-0.1, -0.05) is 32.9 Å². The molecule has 0 aromatic heterocycles. The van der Waals surface area contributed by atoms with E-state index in [0.29, 0.717) is 5.69 Å². The van der Waals surface area contributed by atoms with E-state index in [1.165, 1.54) is 5.56 Å². The highest BCUT2D eigenvalue weighted by Crippen LogP contribution is 2.24. The van der Waals surface area contributed by atoms with Gasteiger partial charge in [-0.3, -0.25) is 0 Å². The van der Waals surface area contributed by atoms with Gasteiger partial charge in [0.25, 0.3) is 0 Å². The highest BCUT2D eigenvalue weighted by atomic mass is 32.2. The van der Waals surface area contributed by atoms with Gasteiger partial charge in [-0.15, -0.1) is 0 Å². The van der Waals surface area contributed by atoms with E-state index in [-0.39, 0.29) is 11.3 Å². The summed E-state index contributed by atoms with van der Waals surface area (Å²) in [7, 11) is -2.48. The van der Waals surface area contributed by atoms with Crippen molar-refractivity contribution >= 4 is 16.4 Å². The Labute approximate surface area is 97.4 Å². The van der Waals surface area contributed by atoms with Crippen molar-refractivity contribution in [2.75, 3.05) is 5.88 Å². The van der Waals surface area contributed by atoms with Gasteiger partial charge in [0.05, 0.1) is 5.69 Å². The minimum absolute atomic E-state index is 0.105. The number of rotatable bonds is 3. The van der Waals surface area contributed by atoms with Gasteiger partial charge in [-0.05, 0) is 23.1 Å². The van der Waals surface area contributed by atoms with Crippen LogP contribution >= 0.6 is 0 Å². The first-order valence-corrected chi connectivity index (χ1v) is 6.36. The minimum Gasteiger partial charge on any atom is -0.230 e. The first kappa shape index (κ1) is 12.8. The van der Waals surface area contributed by atoms with Gasteiger partial charge in [-0.2, -0.15) is 10.2 Å². The van der Waals surface area contributed by atoms with Gasteiger partial charge in [0.2, 0.25) is 0 Å². The molecular weight excluding hydrogens is 224 g/mol. The van der Waals surface area contributed by atoms with Crippen molar-refractivity contribution < 1.29 is 8.42 Å². The molecule has 5 heteroatoms. The van der Waals surface area contributed by atoms with Gasteiger partial charge in [0.15, 0.2) is 16.6 Å².